The van der Waals surface area contributed by atoms with E-state index in [2.05, 4.69) is 5.16 Å². The van der Waals surface area contributed by atoms with Gasteiger partial charge in [-0.25, -0.2) is 0 Å². The second kappa shape index (κ2) is 3.90. The summed E-state index contributed by atoms with van der Waals surface area (Å²) in [6, 6.07) is 2.47. The number of rotatable bonds is 3. The molecule has 0 aliphatic rings. The first-order chi connectivity index (χ1) is 6.19. The molecule has 0 aromatic carbocycles. The van der Waals surface area contributed by atoms with Crippen LogP contribution in [0.5, 0.6) is 0 Å². The molecule has 0 amide bonds. The largest absolute Gasteiger partial charge is 0.433 e. The van der Waals surface area contributed by atoms with E-state index in [0.29, 0.717) is 0 Å². The van der Waals surface area contributed by atoms with E-state index in [1.807, 2.05) is 0 Å². The topological polar surface area (TPSA) is 88.9 Å². The lowest BCUT2D eigenvalue weighted by atomic mass is 10.3. The van der Waals surface area contributed by atoms with Gasteiger partial charge < -0.3 is 9.62 Å². The maximum atomic E-state index is 10.2. The van der Waals surface area contributed by atoms with Crippen LogP contribution in [0.25, 0.3) is 0 Å². The van der Waals surface area contributed by atoms with Crippen LogP contribution < -0.4 is 0 Å². The number of hydrogen-bond acceptors (Lipinski definition) is 5. The van der Waals surface area contributed by atoms with Gasteiger partial charge >= 0.3 is 5.88 Å². The van der Waals surface area contributed by atoms with Crippen LogP contribution in [0, 0.1) is 10.1 Å². The molecule has 0 atom stereocenters. The molecule has 70 valence electrons. The Bertz CT molecular complexity index is 346. The van der Waals surface area contributed by atoms with Gasteiger partial charge in [0.2, 0.25) is 0 Å². The molecule has 0 saturated carbocycles. The lowest BCUT2D eigenvalue weighted by Gasteiger charge is -1.91. The summed E-state index contributed by atoms with van der Waals surface area (Å²) in [7, 11) is 0. The molecule has 6 nitrogen and oxygen atoms in total. The Kier molecular flexibility index (Phi) is 2.86. The molecule has 1 N–H and O–H groups in total. The quantitative estimate of drug-likeness (QED) is 0.266. The normalized spacial score (nSPS) is 11.6. The Morgan fingerprint density at radius 2 is 2.46 bits per heavy atom. The maximum Gasteiger partial charge on any atom is 0.433 e. The van der Waals surface area contributed by atoms with E-state index in [4.69, 9.17) is 21.2 Å². The van der Waals surface area contributed by atoms with Crippen molar-refractivity contribution in [3.05, 3.63) is 28.0 Å². The third kappa shape index (κ3) is 1.97. The molecule has 0 bridgehead atoms. The molecular weight excluding hydrogens is 200 g/mol. The summed E-state index contributed by atoms with van der Waals surface area (Å²) in [6.45, 7) is 0. The minimum absolute atomic E-state index is 0.0507. The Labute approximate surface area is 77.6 Å². The monoisotopic (exact) mass is 204 g/mol. The van der Waals surface area contributed by atoms with Gasteiger partial charge in [-0.2, -0.15) is 0 Å². The van der Waals surface area contributed by atoms with Crippen LogP contribution >= 0.6 is 11.6 Å². The zero-order chi connectivity index (χ0) is 9.84. The van der Waals surface area contributed by atoms with E-state index in [0.717, 1.165) is 6.07 Å². The summed E-state index contributed by atoms with van der Waals surface area (Å²) in [5, 5.41) is 21.4. The summed E-state index contributed by atoms with van der Waals surface area (Å²) in [5.74, 6) is -0.410. The third-order valence-corrected chi connectivity index (χ3v) is 1.56. The number of halogens is 1. The number of alkyl halides is 1. The SMILES string of the molecule is O=[N+]([O-])c1ccc(/C(CCl)=N\O)o1. The molecule has 7 heteroatoms. The number of nitro groups is 1. The molecule has 1 aromatic heterocycles. The summed E-state index contributed by atoms with van der Waals surface area (Å²) >= 11 is 5.37. The lowest BCUT2D eigenvalue weighted by molar-refractivity contribution is -0.402. The molecule has 1 aromatic rings. The first-order valence-corrected chi connectivity index (χ1v) is 3.74. The van der Waals surface area contributed by atoms with Gasteiger partial charge in [-0.1, -0.05) is 5.16 Å². The molecule has 1 heterocycles. The highest BCUT2D eigenvalue weighted by molar-refractivity contribution is 6.31. The Balaban J connectivity index is 2.97. The van der Waals surface area contributed by atoms with Gasteiger partial charge in [-0.15, -0.1) is 11.6 Å². The van der Waals surface area contributed by atoms with Crippen molar-refractivity contribution in [2.24, 2.45) is 5.16 Å². The van der Waals surface area contributed by atoms with Gasteiger partial charge in [0.25, 0.3) is 0 Å². The predicted molar refractivity (Wildman–Crippen MR) is 44.4 cm³/mol. The van der Waals surface area contributed by atoms with Crippen molar-refractivity contribution < 1.29 is 14.5 Å². The van der Waals surface area contributed by atoms with Crippen molar-refractivity contribution in [3.8, 4) is 0 Å². The smallest absolute Gasteiger partial charge is 0.410 e. The van der Waals surface area contributed by atoms with Gasteiger partial charge in [-0.05, 0) is 6.07 Å². The van der Waals surface area contributed by atoms with E-state index in [9.17, 15) is 10.1 Å². The maximum absolute atomic E-state index is 10.2. The zero-order valence-corrected chi connectivity index (χ0v) is 7.06. The standard InChI is InChI=1S/C6H5ClN2O4/c7-3-4(8-10)5-1-2-6(13-5)9(11)12/h1-2,10H,3H2/b8-4-. The molecule has 0 radical (unpaired) electrons. The predicted octanol–water partition coefficient (Wildman–Crippen LogP) is 1.60. The minimum Gasteiger partial charge on any atom is -0.410 e. The average molecular weight is 205 g/mol. The Morgan fingerprint density at radius 3 is 2.85 bits per heavy atom. The van der Waals surface area contributed by atoms with Gasteiger partial charge in [0.05, 0.1) is 11.9 Å². The number of furan rings is 1. The highest BCUT2D eigenvalue weighted by atomic mass is 35.5. The Morgan fingerprint density at radius 1 is 1.77 bits per heavy atom. The first-order valence-electron chi connectivity index (χ1n) is 3.20. The fourth-order valence-corrected chi connectivity index (χ4v) is 0.908. The summed E-state index contributed by atoms with van der Waals surface area (Å²) in [5.41, 5.74) is 0.0507. The van der Waals surface area contributed by atoms with Gasteiger partial charge in [0.15, 0.2) is 5.76 Å². The van der Waals surface area contributed by atoms with Crippen molar-refractivity contribution in [2.75, 3.05) is 5.88 Å². The Hall–Kier alpha value is -1.56. The highest BCUT2D eigenvalue weighted by Gasteiger charge is 2.15. The summed E-state index contributed by atoms with van der Waals surface area (Å²) in [4.78, 5) is 9.50. The fraction of sp³-hybridized carbons (Fsp3) is 0.167. The molecule has 1 rings (SSSR count). The van der Waals surface area contributed by atoms with Gasteiger partial charge in [0.1, 0.15) is 10.6 Å². The van der Waals surface area contributed by atoms with Crippen molar-refractivity contribution in [3.63, 3.8) is 0 Å². The molecule has 0 spiro atoms. The van der Waals surface area contributed by atoms with E-state index in [1.165, 1.54) is 6.07 Å². The summed E-state index contributed by atoms with van der Waals surface area (Å²) in [6.07, 6.45) is 0. The van der Waals surface area contributed by atoms with E-state index < -0.39 is 10.8 Å². The number of hydrogen-bond donors (Lipinski definition) is 1. The minimum atomic E-state index is -0.688. The molecule has 0 aliphatic carbocycles. The highest BCUT2D eigenvalue weighted by Crippen LogP contribution is 2.16. The van der Waals surface area contributed by atoms with Crippen LogP contribution in [-0.2, 0) is 0 Å². The van der Waals surface area contributed by atoms with Gasteiger partial charge in [-0.3, -0.25) is 10.1 Å². The zero-order valence-electron chi connectivity index (χ0n) is 6.31. The average Bonchev–Trinajstić information content (AvgIpc) is 2.56. The lowest BCUT2D eigenvalue weighted by Crippen LogP contribution is -2.00. The number of nitrogens with zero attached hydrogens (tertiary/aromatic N) is 2. The van der Waals surface area contributed by atoms with Crippen LogP contribution in [0.4, 0.5) is 5.88 Å². The number of oxime groups is 1. The molecule has 0 fully saturated rings. The van der Waals surface area contributed by atoms with E-state index >= 15 is 0 Å². The van der Waals surface area contributed by atoms with Crippen molar-refractivity contribution in [1.82, 2.24) is 0 Å². The second-order valence-electron chi connectivity index (χ2n) is 2.08. The van der Waals surface area contributed by atoms with E-state index in [1.54, 1.807) is 0 Å². The van der Waals surface area contributed by atoms with E-state index in [-0.39, 0.29) is 17.4 Å². The van der Waals surface area contributed by atoms with Crippen molar-refractivity contribution in [2.45, 2.75) is 0 Å². The summed E-state index contributed by atoms with van der Waals surface area (Å²) < 4.78 is 4.71. The second-order valence-corrected chi connectivity index (χ2v) is 2.34. The van der Waals surface area contributed by atoms with Crippen LogP contribution in [0.3, 0.4) is 0 Å². The molecule has 13 heavy (non-hydrogen) atoms. The van der Waals surface area contributed by atoms with Crippen LogP contribution in [0.15, 0.2) is 21.7 Å². The first kappa shape index (κ1) is 9.53. The van der Waals surface area contributed by atoms with Crippen molar-refractivity contribution in [1.29, 1.82) is 0 Å². The van der Waals surface area contributed by atoms with Crippen LogP contribution in [0.2, 0.25) is 0 Å². The molecule has 0 saturated heterocycles. The molecule has 0 unspecified atom stereocenters. The fourth-order valence-electron chi connectivity index (χ4n) is 0.723. The van der Waals surface area contributed by atoms with Crippen molar-refractivity contribution >= 4 is 23.2 Å². The third-order valence-electron chi connectivity index (χ3n) is 1.30. The molecular formula is C6H5ClN2O4. The van der Waals surface area contributed by atoms with Gasteiger partial charge in [0, 0.05) is 0 Å². The van der Waals surface area contributed by atoms with Crippen LogP contribution in [0.1, 0.15) is 5.76 Å². The van der Waals surface area contributed by atoms with Crippen LogP contribution in [-0.4, -0.2) is 21.7 Å². The molecule has 0 aliphatic heterocycles.